The predicted molar refractivity (Wildman–Crippen MR) is 68.0 cm³/mol. The maximum absolute atomic E-state index is 5.93. The van der Waals surface area contributed by atoms with E-state index in [1.807, 2.05) is 13.0 Å². The zero-order chi connectivity index (χ0) is 11.8. The summed E-state index contributed by atoms with van der Waals surface area (Å²) in [6.07, 6.45) is 4.90. The smallest absolute Gasteiger partial charge is 0.260 e. The number of aryl methyl sites for hydroxylation is 1. The summed E-state index contributed by atoms with van der Waals surface area (Å²) in [5.74, 6) is 1.89. The van der Waals surface area contributed by atoms with E-state index in [4.69, 9.17) is 10.3 Å². The molecule has 0 spiro atoms. The Kier molecular flexibility index (Phi) is 2.63. The van der Waals surface area contributed by atoms with Crippen molar-refractivity contribution in [1.29, 1.82) is 0 Å². The van der Waals surface area contributed by atoms with Crippen LogP contribution in [0.25, 0.3) is 11.5 Å². The molecule has 0 bridgehead atoms. The summed E-state index contributed by atoms with van der Waals surface area (Å²) in [5, 5.41) is 4.84. The fraction of sp³-hybridized carbons (Fsp3) is 0.500. The van der Waals surface area contributed by atoms with E-state index in [0.29, 0.717) is 11.8 Å². The lowest BCUT2D eigenvalue weighted by molar-refractivity contribution is 0.416. The number of rotatable bonds is 2. The second-order valence-corrected chi connectivity index (χ2v) is 5.86. The molecule has 0 radical (unpaired) electrons. The highest BCUT2D eigenvalue weighted by atomic mass is 32.1. The molecule has 2 aromatic rings. The number of nitrogens with zero attached hydrogens (tertiary/aromatic N) is 2. The molecule has 1 saturated carbocycles. The van der Waals surface area contributed by atoms with Crippen molar-refractivity contribution in [1.82, 2.24) is 10.1 Å². The first-order valence-electron chi connectivity index (χ1n) is 5.94. The van der Waals surface area contributed by atoms with E-state index in [9.17, 15) is 0 Å². The van der Waals surface area contributed by atoms with Crippen molar-refractivity contribution >= 4 is 16.3 Å². The minimum Gasteiger partial charge on any atom is -0.390 e. The van der Waals surface area contributed by atoms with Gasteiger partial charge in [-0.2, -0.15) is 4.98 Å². The average molecular weight is 249 g/mol. The molecule has 0 aliphatic heterocycles. The van der Waals surface area contributed by atoms with Gasteiger partial charge in [0.25, 0.3) is 5.89 Å². The van der Waals surface area contributed by atoms with Gasteiger partial charge in [-0.15, -0.1) is 11.3 Å². The van der Waals surface area contributed by atoms with Gasteiger partial charge in [0.1, 0.15) is 0 Å². The monoisotopic (exact) mass is 249 g/mol. The third kappa shape index (κ3) is 1.95. The first-order valence-corrected chi connectivity index (χ1v) is 6.75. The molecule has 1 aliphatic rings. The minimum absolute atomic E-state index is 0.480. The summed E-state index contributed by atoms with van der Waals surface area (Å²) in [7, 11) is 0. The first-order chi connectivity index (χ1) is 8.24. The van der Waals surface area contributed by atoms with Gasteiger partial charge in [0.15, 0.2) is 5.82 Å². The van der Waals surface area contributed by atoms with Crippen molar-refractivity contribution in [2.75, 3.05) is 5.73 Å². The number of hydrogen-bond donors (Lipinski definition) is 1. The molecule has 1 fully saturated rings. The standard InChI is InChI=1S/C12H15N3OS/c1-7-6-9(10(13)17-7)12-14-11(15-16-12)8-4-2-3-5-8/h6,8H,2-5,13H2,1H3. The highest BCUT2D eigenvalue weighted by Gasteiger charge is 2.23. The van der Waals surface area contributed by atoms with Gasteiger partial charge in [-0.3, -0.25) is 0 Å². The van der Waals surface area contributed by atoms with Crippen LogP contribution in [-0.4, -0.2) is 10.1 Å². The Hall–Kier alpha value is -1.36. The third-order valence-corrected chi connectivity index (χ3v) is 4.16. The number of thiophene rings is 1. The van der Waals surface area contributed by atoms with Crippen LogP contribution in [0.15, 0.2) is 10.6 Å². The minimum atomic E-state index is 0.480. The van der Waals surface area contributed by atoms with Crippen molar-refractivity contribution in [3.05, 3.63) is 16.8 Å². The number of nitrogen functional groups attached to an aromatic ring is 1. The quantitative estimate of drug-likeness (QED) is 0.886. The molecular formula is C12H15N3OS. The fourth-order valence-corrected chi connectivity index (χ4v) is 3.17. The SMILES string of the molecule is Cc1cc(-c2nc(C3CCCC3)no2)c(N)s1. The van der Waals surface area contributed by atoms with Crippen LogP contribution in [0.5, 0.6) is 0 Å². The second kappa shape index (κ2) is 4.14. The Morgan fingerprint density at radius 3 is 2.82 bits per heavy atom. The molecule has 0 atom stereocenters. The maximum atomic E-state index is 5.93. The molecule has 0 unspecified atom stereocenters. The summed E-state index contributed by atoms with van der Waals surface area (Å²) in [4.78, 5) is 5.65. The molecule has 0 amide bonds. The summed E-state index contributed by atoms with van der Waals surface area (Å²) < 4.78 is 5.32. The highest BCUT2D eigenvalue weighted by molar-refractivity contribution is 7.16. The third-order valence-electron chi connectivity index (χ3n) is 3.28. The van der Waals surface area contributed by atoms with Gasteiger partial charge in [-0.25, -0.2) is 0 Å². The van der Waals surface area contributed by atoms with Crippen LogP contribution in [-0.2, 0) is 0 Å². The lowest BCUT2D eigenvalue weighted by Crippen LogP contribution is -1.94. The summed E-state index contributed by atoms with van der Waals surface area (Å²) in [6.45, 7) is 2.03. The van der Waals surface area contributed by atoms with Crippen molar-refractivity contribution in [2.45, 2.75) is 38.5 Å². The zero-order valence-electron chi connectivity index (χ0n) is 9.77. The van der Waals surface area contributed by atoms with E-state index in [-0.39, 0.29) is 0 Å². The Morgan fingerprint density at radius 1 is 1.41 bits per heavy atom. The van der Waals surface area contributed by atoms with E-state index in [0.717, 1.165) is 21.3 Å². The number of anilines is 1. The molecule has 1 aliphatic carbocycles. The van der Waals surface area contributed by atoms with Gasteiger partial charge in [-0.05, 0) is 25.8 Å². The molecule has 2 aromatic heterocycles. The molecule has 4 nitrogen and oxygen atoms in total. The van der Waals surface area contributed by atoms with Crippen LogP contribution in [0.4, 0.5) is 5.00 Å². The van der Waals surface area contributed by atoms with Crippen LogP contribution in [0.3, 0.4) is 0 Å². The van der Waals surface area contributed by atoms with E-state index in [1.165, 1.54) is 25.7 Å². The van der Waals surface area contributed by atoms with E-state index >= 15 is 0 Å². The predicted octanol–water partition coefficient (Wildman–Crippen LogP) is 3.35. The van der Waals surface area contributed by atoms with Gasteiger partial charge >= 0.3 is 0 Å². The van der Waals surface area contributed by atoms with Gasteiger partial charge in [0, 0.05) is 10.8 Å². The topological polar surface area (TPSA) is 64.9 Å². The summed E-state index contributed by atoms with van der Waals surface area (Å²) in [5.41, 5.74) is 6.81. The Labute approximate surface area is 104 Å². The lowest BCUT2D eigenvalue weighted by Gasteiger charge is -1.99. The van der Waals surface area contributed by atoms with E-state index in [1.54, 1.807) is 11.3 Å². The Morgan fingerprint density at radius 2 is 2.18 bits per heavy atom. The Balaban J connectivity index is 1.91. The van der Waals surface area contributed by atoms with Crippen molar-refractivity contribution in [3.63, 3.8) is 0 Å². The molecular weight excluding hydrogens is 234 g/mol. The first kappa shape index (κ1) is 10.8. The van der Waals surface area contributed by atoms with Gasteiger partial charge in [0.05, 0.1) is 10.6 Å². The van der Waals surface area contributed by atoms with Crippen LogP contribution in [0, 0.1) is 6.92 Å². The van der Waals surface area contributed by atoms with Gasteiger partial charge in [0.2, 0.25) is 0 Å². The van der Waals surface area contributed by atoms with Gasteiger partial charge in [-0.1, -0.05) is 18.0 Å². The van der Waals surface area contributed by atoms with E-state index < -0.39 is 0 Å². The molecule has 2 N–H and O–H groups in total. The lowest BCUT2D eigenvalue weighted by atomic mass is 10.1. The normalized spacial score (nSPS) is 16.8. The van der Waals surface area contributed by atoms with Crippen molar-refractivity contribution in [2.24, 2.45) is 0 Å². The molecule has 0 saturated heterocycles. The molecule has 0 aromatic carbocycles. The number of nitrogens with two attached hydrogens (primary N) is 1. The maximum Gasteiger partial charge on any atom is 0.260 e. The summed E-state index contributed by atoms with van der Waals surface area (Å²) >= 11 is 1.56. The number of aromatic nitrogens is 2. The fourth-order valence-electron chi connectivity index (χ4n) is 2.39. The van der Waals surface area contributed by atoms with Gasteiger partial charge < -0.3 is 10.3 Å². The van der Waals surface area contributed by atoms with E-state index in [2.05, 4.69) is 10.1 Å². The number of hydrogen-bond acceptors (Lipinski definition) is 5. The molecule has 5 heteroatoms. The second-order valence-electron chi connectivity index (χ2n) is 4.57. The molecule has 90 valence electrons. The average Bonchev–Trinajstić information content (AvgIpc) is 2.97. The van der Waals surface area contributed by atoms with Crippen LogP contribution < -0.4 is 5.73 Å². The van der Waals surface area contributed by atoms with Crippen LogP contribution in [0.1, 0.15) is 42.3 Å². The highest BCUT2D eigenvalue weighted by Crippen LogP contribution is 2.36. The van der Waals surface area contributed by atoms with Crippen molar-refractivity contribution < 1.29 is 4.52 Å². The Bertz CT molecular complexity index is 526. The molecule has 2 heterocycles. The molecule has 17 heavy (non-hydrogen) atoms. The summed E-state index contributed by atoms with van der Waals surface area (Å²) in [6, 6.07) is 2.01. The zero-order valence-corrected chi connectivity index (χ0v) is 10.6. The van der Waals surface area contributed by atoms with Crippen LogP contribution >= 0.6 is 11.3 Å². The molecule has 3 rings (SSSR count). The van der Waals surface area contributed by atoms with Crippen molar-refractivity contribution in [3.8, 4) is 11.5 Å². The largest absolute Gasteiger partial charge is 0.390 e. The van der Waals surface area contributed by atoms with Crippen LogP contribution in [0.2, 0.25) is 0 Å².